The highest BCUT2D eigenvalue weighted by Crippen LogP contribution is 2.32. The van der Waals surface area contributed by atoms with Crippen LogP contribution in [-0.4, -0.2) is 20.0 Å². The summed E-state index contributed by atoms with van der Waals surface area (Å²) in [4.78, 5) is 11.3. The molecule has 3 rings (SSSR count). The summed E-state index contributed by atoms with van der Waals surface area (Å²) in [6.07, 6.45) is 4.56. The van der Waals surface area contributed by atoms with Crippen molar-refractivity contribution >= 4 is 18.1 Å². The second kappa shape index (κ2) is 8.08. The van der Waals surface area contributed by atoms with Gasteiger partial charge in [-0.15, -0.1) is 14.1 Å². The molecule has 1 saturated carbocycles. The van der Waals surface area contributed by atoms with Crippen molar-refractivity contribution in [1.82, 2.24) is 14.2 Å². The van der Waals surface area contributed by atoms with Crippen LogP contribution in [0.15, 0.2) is 30.6 Å². The molecule has 1 fully saturated rings. The van der Waals surface area contributed by atoms with Gasteiger partial charge in [0.15, 0.2) is 18.2 Å². The highest BCUT2D eigenvalue weighted by atomic mass is 32.2. The summed E-state index contributed by atoms with van der Waals surface area (Å²) >= 11 is 0.0836. The Hall–Kier alpha value is -1.69. The standard InChI is InChI=1S/C14H14FN3OS.C2H6/c15-20-18-9-16-17-14(18)12-3-1-10(2-4-12)11-5-7-13(19)8-6-11;1-2/h1-4,9,11H,5-8H2;1-2H3. The Bertz CT molecular complexity index is 602. The van der Waals surface area contributed by atoms with Crippen LogP contribution in [0.4, 0.5) is 3.89 Å². The first-order valence-electron chi connectivity index (χ1n) is 7.59. The van der Waals surface area contributed by atoms with E-state index in [0.29, 0.717) is 30.4 Å². The zero-order valence-electron chi connectivity index (χ0n) is 12.8. The summed E-state index contributed by atoms with van der Waals surface area (Å²) in [5, 5.41) is 7.62. The summed E-state index contributed by atoms with van der Waals surface area (Å²) in [6.45, 7) is 4.00. The van der Waals surface area contributed by atoms with Gasteiger partial charge in [0.05, 0.1) is 0 Å². The fourth-order valence-electron chi connectivity index (χ4n) is 2.64. The molecular formula is C16H20FN3OS. The van der Waals surface area contributed by atoms with Crippen LogP contribution in [0.1, 0.15) is 51.0 Å². The first-order valence-corrected chi connectivity index (χ1v) is 8.26. The van der Waals surface area contributed by atoms with E-state index < -0.39 is 0 Å². The maximum Gasteiger partial charge on any atom is 0.175 e. The van der Waals surface area contributed by atoms with Gasteiger partial charge in [0.2, 0.25) is 0 Å². The van der Waals surface area contributed by atoms with Gasteiger partial charge in [-0.25, -0.2) is 3.97 Å². The first-order chi connectivity index (χ1) is 10.8. The average molecular weight is 321 g/mol. The third-order valence-electron chi connectivity index (χ3n) is 3.78. The molecule has 0 saturated heterocycles. The molecule has 0 radical (unpaired) electrons. The quantitative estimate of drug-likeness (QED) is 0.830. The molecule has 1 aliphatic rings. The maximum atomic E-state index is 12.7. The molecule has 0 aliphatic heterocycles. The van der Waals surface area contributed by atoms with Gasteiger partial charge in [-0.3, -0.25) is 4.79 Å². The molecular weight excluding hydrogens is 301 g/mol. The molecule has 4 nitrogen and oxygen atoms in total. The second-order valence-corrected chi connectivity index (χ2v) is 5.52. The molecule has 1 aliphatic carbocycles. The van der Waals surface area contributed by atoms with Crippen LogP contribution >= 0.6 is 12.3 Å². The smallest absolute Gasteiger partial charge is 0.175 e. The predicted molar refractivity (Wildman–Crippen MR) is 87.1 cm³/mol. The van der Waals surface area contributed by atoms with Crippen molar-refractivity contribution in [2.45, 2.75) is 45.4 Å². The zero-order valence-corrected chi connectivity index (χ0v) is 13.6. The number of benzene rings is 1. The third-order valence-corrected chi connectivity index (χ3v) is 4.19. The number of nitrogens with zero attached hydrogens (tertiary/aromatic N) is 3. The highest BCUT2D eigenvalue weighted by molar-refractivity contribution is 7.92. The summed E-state index contributed by atoms with van der Waals surface area (Å²) in [5.74, 6) is 1.32. The second-order valence-electron chi connectivity index (χ2n) is 4.98. The van der Waals surface area contributed by atoms with Crippen LogP contribution < -0.4 is 0 Å². The van der Waals surface area contributed by atoms with Gasteiger partial charge in [0, 0.05) is 18.4 Å². The van der Waals surface area contributed by atoms with Crippen LogP contribution in [0.5, 0.6) is 0 Å². The van der Waals surface area contributed by atoms with Gasteiger partial charge >= 0.3 is 0 Å². The molecule has 22 heavy (non-hydrogen) atoms. The van der Waals surface area contributed by atoms with Gasteiger partial charge in [0.25, 0.3) is 0 Å². The number of hydrogen-bond donors (Lipinski definition) is 0. The predicted octanol–water partition coefficient (Wildman–Crippen LogP) is 4.58. The molecule has 118 valence electrons. The first kappa shape index (κ1) is 16.7. The number of carbonyl (C=O) groups is 1. The Morgan fingerprint density at radius 1 is 1.18 bits per heavy atom. The summed E-state index contributed by atoms with van der Waals surface area (Å²) in [6, 6.07) is 7.94. The van der Waals surface area contributed by atoms with E-state index in [1.807, 2.05) is 38.1 Å². The number of aromatic nitrogens is 3. The van der Waals surface area contributed by atoms with Gasteiger partial charge < -0.3 is 0 Å². The molecule has 0 bridgehead atoms. The normalized spacial score (nSPS) is 15.3. The van der Waals surface area contributed by atoms with E-state index in [4.69, 9.17) is 0 Å². The molecule has 0 atom stereocenters. The van der Waals surface area contributed by atoms with Gasteiger partial charge in [-0.05, 0) is 24.3 Å². The van der Waals surface area contributed by atoms with Crippen LogP contribution in [0.2, 0.25) is 0 Å². The lowest BCUT2D eigenvalue weighted by Crippen LogP contribution is -2.12. The molecule has 0 amide bonds. The molecule has 0 unspecified atom stereocenters. The van der Waals surface area contributed by atoms with E-state index in [-0.39, 0.29) is 12.3 Å². The fraction of sp³-hybridized carbons (Fsp3) is 0.438. The van der Waals surface area contributed by atoms with E-state index in [9.17, 15) is 8.68 Å². The Morgan fingerprint density at radius 2 is 1.82 bits per heavy atom. The zero-order chi connectivity index (χ0) is 15.9. The van der Waals surface area contributed by atoms with E-state index >= 15 is 0 Å². The van der Waals surface area contributed by atoms with Crippen molar-refractivity contribution in [3.05, 3.63) is 36.2 Å². The van der Waals surface area contributed by atoms with Gasteiger partial charge in [0.1, 0.15) is 12.1 Å². The van der Waals surface area contributed by atoms with Crippen molar-refractivity contribution in [3.8, 4) is 11.4 Å². The Labute approximate surface area is 134 Å². The number of rotatable bonds is 3. The number of hydrogen-bond acceptors (Lipinski definition) is 4. The summed E-state index contributed by atoms with van der Waals surface area (Å²) in [5.41, 5.74) is 2.07. The lowest BCUT2D eigenvalue weighted by Gasteiger charge is -2.21. The number of carbonyl (C=O) groups excluding carboxylic acids is 1. The molecule has 0 N–H and O–H groups in total. The third kappa shape index (κ3) is 3.74. The van der Waals surface area contributed by atoms with Crippen LogP contribution in [-0.2, 0) is 4.79 Å². The minimum absolute atomic E-state index is 0.0836. The Kier molecular flexibility index (Phi) is 6.12. The minimum Gasteiger partial charge on any atom is -0.300 e. The largest absolute Gasteiger partial charge is 0.300 e. The van der Waals surface area contributed by atoms with Gasteiger partial charge in [-0.2, -0.15) is 0 Å². The van der Waals surface area contributed by atoms with Crippen LogP contribution in [0.3, 0.4) is 0 Å². The maximum absolute atomic E-state index is 12.7. The van der Waals surface area contributed by atoms with E-state index in [0.717, 1.165) is 18.4 Å². The average Bonchev–Trinajstić information content (AvgIpc) is 3.06. The molecule has 2 aromatic rings. The Morgan fingerprint density at radius 3 is 2.41 bits per heavy atom. The molecule has 1 heterocycles. The minimum atomic E-state index is 0.0836. The number of ketones is 1. The number of halogens is 1. The fourth-order valence-corrected chi connectivity index (χ4v) is 2.92. The van der Waals surface area contributed by atoms with Crippen molar-refractivity contribution in [2.24, 2.45) is 0 Å². The van der Waals surface area contributed by atoms with Crippen LogP contribution in [0.25, 0.3) is 11.4 Å². The lowest BCUT2D eigenvalue weighted by atomic mass is 9.83. The van der Waals surface area contributed by atoms with Crippen molar-refractivity contribution in [1.29, 1.82) is 0 Å². The lowest BCUT2D eigenvalue weighted by molar-refractivity contribution is -0.120. The summed E-state index contributed by atoms with van der Waals surface area (Å²) in [7, 11) is 0. The molecule has 1 aromatic heterocycles. The van der Waals surface area contributed by atoms with Crippen molar-refractivity contribution < 1.29 is 8.68 Å². The SMILES string of the molecule is CC.O=C1CCC(c2ccc(-c3nncn3SF)cc2)CC1. The van der Waals surface area contributed by atoms with Gasteiger partial charge in [-0.1, -0.05) is 38.1 Å². The monoisotopic (exact) mass is 321 g/mol. The van der Waals surface area contributed by atoms with Crippen molar-refractivity contribution in [2.75, 3.05) is 0 Å². The van der Waals surface area contributed by atoms with Crippen molar-refractivity contribution in [3.63, 3.8) is 0 Å². The molecule has 0 spiro atoms. The van der Waals surface area contributed by atoms with Crippen LogP contribution in [0, 0.1) is 0 Å². The van der Waals surface area contributed by atoms with E-state index in [1.54, 1.807) is 0 Å². The molecule has 1 aromatic carbocycles. The Balaban J connectivity index is 0.000000847. The summed E-state index contributed by atoms with van der Waals surface area (Å²) < 4.78 is 14.0. The van der Waals surface area contributed by atoms with E-state index in [1.165, 1.54) is 15.9 Å². The number of Topliss-reactive ketones (excluding diaryl/α,β-unsaturated/α-hetero) is 1. The van der Waals surface area contributed by atoms with E-state index in [2.05, 4.69) is 10.2 Å². The molecule has 6 heteroatoms. The topological polar surface area (TPSA) is 47.8 Å². The highest BCUT2D eigenvalue weighted by Gasteiger charge is 2.20.